The summed E-state index contributed by atoms with van der Waals surface area (Å²) in [6.45, 7) is 1.67. The van der Waals surface area contributed by atoms with Crippen molar-refractivity contribution in [1.82, 2.24) is 15.0 Å². The average molecular weight is 234 g/mol. The molecular formula is C12H18N4O. The van der Waals surface area contributed by atoms with Crippen LogP contribution in [0.25, 0.3) is 0 Å². The molecule has 1 saturated carbocycles. The van der Waals surface area contributed by atoms with Crippen LogP contribution in [0.2, 0.25) is 0 Å². The molecule has 92 valence electrons. The highest BCUT2D eigenvalue weighted by Gasteiger charge is 2.30. The third-order valence-electron chi connectivity index (χ3n) is 3.03. The molecule has 1 fully saturated rings. The molecule has 0 aliphatic heterocycles. The summed E-state index contributed by atoms with van der Waals surface area (Å²) in [6, 6.07) is 2.16. The second kappa shape index (κ2) is 5.78. The lowest BCUT2D eigenvalue weighted by Gasteiger charge is -2.05. The molecule has 1 aliphatic rings. The van der Waals surface area contributed by atoms with Crippen LogP contribution >= 0.6 is 0 Å². The highest BCUT2D eigenvalue weighted by molar-refractivity contribution is 5.22. The van der Waals surface area contributed by atoms with Crippen LogP contribution in [0, 0.1) is 11.3 Å². The minimum Gasteiger partial charge on any atom is -0.385 e. The molecule has 1 aromatic heterocycles. The maximum atomic E-state index is 8.76. The third kappa shape index (κ3) is 3.04. The van der Waals surface area contributed by atoms with E-state index in [1.54, 1.807) is 7.11 Å². The fraction of sp³-hybridized carbons (Fsp3) is 0.750. The van der Waals surface area contributed by atoms with Gasteiger partial charge in [-0.1, -0.05) is 5.21 Å². The minimum atomic E-state index is 0.379. The number of hydrogen-bond acceptors (Lipinski definition) is 4. The lowest BCUT2D eigenvalue weighted by atomic mass is 10.2. The summed E-state index contributed by atoms with van der Waals surface area (Å²) in [7, 11) is 1.72. The quantitative estimate of drug-likeness (QED) is 0.673. The Bertz CT molecular complexity index is 403. The van der Waals surface area contributed by atoms with E-state index in [1.807, 2.05) is 4.68 Å². The van der Waals surface area contributed by atoms with Gasteiger partial charge in [0.25, 0.3) is 0 Å². The van der Waals surface area contributed by atoms with Crippen LogP contribution in [0.1, 0.15) is 43.0 Å². The second-order valence-electron chi connectivity index (χ2n) is 4.45. The molecule has 5 heteroatoms. The van der Waals surface area contributed by atoms with Crippen LogP contribution in [-0.2, 0) is 17.7 Å². The number of hydrogen-bond donors (Lipinski definition) is 0. The number of aryl methyl sites for hydroxylation is 1. The summed E-state index contributed by atoms with van der Waals surface area (Å²) in [5, 5.41) is 17.1. The van der Waals surface area contributed by atoms with Crippen LogP contribution in [0.4, 0.5) is 0 Å². The number of rotatable bonds is 7. The predicted molar refractivity (Wildman–Crippen MR) is 62.4 cm³/mol. The predicted octanol–water partition coefficient (Wildman–Crippen LogP) is 1.65. The summed E-state index contributed by atoms with van der Waals surface area (Å²) in [5.41, 5.74) is 2.07. The molecule has 0 spiro atoms. The number of nitriles is 1. The van der Waals surface area contributed by atoms with E-state index >= 15 is 0 Å². The highest BCUT2D eigenvalue weighted by Crippen LogP contribution is 2.41. The Morgan fingerprint density at radius 2 is 2.29 bits per heavy atom. The molecule has 1 heterocycles. The maximum absolute atomic E-state index is 8.76. The SMILES string of the molecule is COCCCCn1nnc(CC#N)c1C1CC1. The van der Waals surface area contributed by atoms with Crippen LogP contribution in [0.15, 0.2) is 0 Å². The largest absolute Gasteiger partial charge is 0.385 e. The third-order valence-corrected chi connectivity index (χ3v) is 3.03. The lowest BCUT2D eigenvalue weighted by Crippen LogP contribution is -2.06. The number of ether oxygens (including phenoxy) is 1. The van der Waals surface area contributed by atoms with Gasteiger partial charge in [-0.05, 0) is 25.7 Å². The Kier molecular flexibility index (Phi) is 4.10. The van der Waals surface area contributed by atoms with Gasteiger partial charge < -0.3 is 4.74 Å². The Labute approximate surface area is 101 Å². The first kappa shape index (κ1) is 12.1. The molecule has 0 saturated heterocycles. The zero-order valence-electron chi connectivity index (χ0n) is 10.2. The van der Waals surface area contributed by atoms with E-state index in [9.17, 15) is 0 Å². The van der Waals surface area contributed by atoms with Crippen LogP contribution in [0.5, 0.6) is 0 Å². The van der Waals surface area contributed by atoms with Gasteiger partial charge in [0.2, 0.25) is 0 Å². The van der Waals surface area contributed by atoms with Crippen molar-refractivity contribution < 1.29 is 4.74 Å². The van der Waals surface area contributed by atoms with Gasteiger partial charge in [0.15, 0.2) is 0 Å². The summed E-state index contributed by atoms with van der Waals surface area (Å²) >= 11 is 0. The number of aromatic nitrogens is 3. The zero-order chi connectivity index (χ0) is 12.1. The first-order valence-electron chi connectivity index (χ1n) is 6.15. The highest BCUT2D eigenvalue weighted by atomic mass is 16.5. The smallest absolute Gasteiger partial charge is 0.100 e. The Balaban J connectivity index is 1.98. The molecule has 0 N–H and O–H groups in total. The summed E-state index contributed by atoms with van der Waals surface area (Å²) in [6.07, 6.45) is 4.88. The fourth-order valence-electron chi connectivity index (χ4n) is 2.03. The second-order valence-corrected chi connectivity index (χ2v) is 4.45. The van der Waals surface area contributed by atoms with Gasteiger partial charge in [-0.25, -0.2) is 4.68 Å². The van der Waals surface area contributed by atoms with Crippen molar-refractivity contribution in [1.29, 1.82) is 5.26 Å². The van der Waals surface area contributed by atoms with Crippen molar-refractivity contribution in [3.8, 4) is 6.07 Å². The van der Waals surface area contributed by atoms with Gasteiger partial charge in [-0.3, -0.25) is 0 Å². The maximum Gasteiger partial charge on any atom is 0.100 e. The lowest BCUT2D eigenvalue weighted by molar-refractivity contribution is 0.190. The summed E-state index contributed by atoms with van der Waals surface area (Å²) < 4.78 is 7.01. The summed E-state index contributed by atoms with van der Waals surface area (Å²) in [4.78, 5) is 0. The zero-order valence-corrected chi connectivity index (χ0v) is 10.2. The molecule has 2 rings (SSSR count). The number of methoxy groups -OCH3 is 1. The van der Waals surface area contributed by atoms with Crippen molar-refractivity contribution >= 4 is 0 Å². The van der Waals surface area contributed by atoms with Crippen LogP contribution in [0.3, 0.4) is 0 Å². The van der Waals surface area contributed by atoms with E-state index in [0.29, 0.717) is 12.3 Å². The molecule has 0 atom stereocenters. The van der Waals surface area contributed by atoms with E-state index in [1.165, 1.54) is 18.5 Å². The van der Waals surface area contributed by atoms with Gasteiger partial charge in [-0.15, -0.1) is 5.10 Å². The van der Waals surface area contributed by atoms with Gasteiger partial charge >= 0.3 is 0 Å². The molecule has 1 aliphatic carbocycles. The number of nitrogens with zero attached hydrogens (tertiary/aromatic N) is 4. The minimum absolute atomic E-state index is 0.379. The number of unbranched alkanes of at least 4 members (excludes halogenated alkanes) is 1. The standard InChI is InChI=1S/C12H18N4O/c1-17-9-3-2-8-16-12(10-4-5-10)11(6-7-13)14-15-16/h10H,2-6,8-9H2,1H3. The van der Waals surface area contributed by atoms with E-state index in [-0.39, 0.29) is 0 Å². The molecule has 5 nitrogen and oxygen atoms in total. The van der Waals surface area contributed by atoms with E-state index in [0.717, 1.165) is 31.7 Å². The monoisotopic (exact) mass is 234 g/mol. The normalized spacial score (nSPS) is 14.8. The average Bonchev–Trinajstić information content (AvgIpc) is 3.09. The first-order chi connectivity index (χ1) is 8.36. The van der Waals surface area contributed by atoms with Crippen molar-refractivity contribution in [2.24, 2.45) is 0 Å². The first-order valence-corrected chi connectivity index (χ1v) is 6.15. The van der Waals surface area contributed by atoms with Gasteiger partial charge in [0.05, 0.1) is 18.2 Å². The molecular weight excluding hydrogens is 216 g/mol. The van der Waals surface area contributed by atoms with Crippen molar-refractivity contribution in [2.75, 3.05) is 13.7 Å². The Morgan fingerprint density at radius 3 is 2.94 bits per heavy atom. The Morgan fingerprint density at radius 1 is 1.47 bits per heavy atom. The molecule has 0 radical (unpaired) electrons. The molecule has 17 heavy (non-hydrogen) atoms. The molecule has 0 amide bonds. The molecule has 0 bridgehead atoms. The molecule has 0 aromatic carbocycles. The van der Waals surface area contributed by atoms with E-state index in [2.05, 4.69) is 16.4 Å². The van der Waals surface area contributed by atoms with Gasteiger partial charge in [0, 0.05) is 26.2 Å². The van der Waals surface area contributed by atoms with Crippen molar-refractivity contribution in [3.05, 3.63) is 11.4 Å². The van der Waals surface area contributed by atoms with Crippen LogP contribution < -0.4 is 0 Å². The molecule has 1 aromatic rings. The van der Waals surface area contributed by atoms with Gasteiger partial charge in [-0.2, -0.15) is 5.26 Å². The fourth-order valence-corrected chi connectivity index (χ4v) is 2.03. The van der Waals surface area contributed by atoms with Crippen molar-refractivity contribution in [2.45, 2.75) is 44.6 Å². The summed E-state index contributed by atoms with van der Waals surface area (Å²) in [5.74, 6) is 0.593. The van der Waals surface area contributed by atoms with Crippen molar-refractivity contribution in [3.63, 3.8) is 0 Å². The Hall–Kier alpha value is -1.41. The topological polar surface area (TPSA) is 63.7 Å². The van der Waals surface area contributed by atoms with Crippen LogP contribution in [-0.4, -0.2) is 28.7 Å². The van der Waals surface area contributed by atoms with Gasteiger partial charge in [0.1, 0.15) is 5.69 Å². The molecule has 0 unspecified atom stereocenters. The van der Waals surface area contributed by atoms with E-state index < -0.39 is 0 Å². The van der Waals surface area contributed by atoms with E-state index in [4.69, 9.17) is 10.00 Å².